The first kappa shape index (κ1) is 12.9. The number of rotatable bonds is 3. The van der Waals surface area contributed by atoms with Gasteiger partial charge in [-0.15, -0.1) is 0 Å². The van der Waals surface area contributed by atoms with Gasteiger partial charge in [-0.1, -0.05) is 17.7 Å². The molecular formula is C15H13ClFN3. The van der Waals surface area contributed by atoms with Crippen molar-refractivity contribution < 1.29 is 4.39 Å². The predicted molar refractivity (Wildman–Crippen MR) is 78.7 cm³/mol. The largest absolute Gasteiger partial charge is 0.377 e. The molecule has 20 heavy (non-hydrogen) atoms. The monoisotopic (exact) mass is 289 g/mol. The molecule has 0 bridgehead atoms. The average Bonchev–Trinajstić information content (AvgIpc) is 2.79. The lowest BCUT2D eigenvalue weighted by Gasteiger charge is -2.06. The van der Waals surface area contributed by atoms with Crippen molar-refractivity contribution in [1.29, 1.82) is 0 Å². The maximum absolute atomic E-state index is 13.7. The Hall–Kier alpha value is -2.07. The molecule has 0 aliphatic heterocycles. The van der Waals surface area contributed by atoms with E-state index in [1.165, 1.54) is 6.07 Å². The second-order valence-electron chi connectivity index (χ2n) is 4.68. The summed E-state index contributed by atoms with van der Waals surface area (Å²) in [6, 6.07) is 8.75. The summed E-state index contributed by atoms with van der Waals surface area (Å²) in [5, 5.41) is 3.70. The highest BCUT2D eigenvalue weighted by atomic mass is 35.5. The zero-order valence-electron chi connectivity index (χ0n) is 10.9. The second kappa shape index (κ2) is 5.13. The minimum atomic E-state index is -0.253. The highest BCUT2D eigenvalue weighted by Crippen LogP contribution is 2.17. The van der Waals surface area contributed by atoms with Crippen LogP contribution in [0.25, 0.3) is 5.65 Å². The topological polar surface area (TPSA) is 29.3 Å². The van der Waals surface area contributed by atoms with E-state index in [-0.39, 0.29) is 5.82 Å². The number of halogens is 2. The van der Waals surface area contributed by atoms with Gasteiger partial charge in [-0.25, -0.2) is 9.37 Å². The number of aromatic nitrogens is 2. The van der Waals surface area contributed by atoms with Crippen LogP contribution in [0, 0.1) is 12.7 Å². The van der Waals surface area contributed by atoms with Gasteiger partial charge in [0.25, 0.3) is 0 Å². The molecule has 5 heteroatoms. The molecule has 0 saturated heterocycles. The molecule has 2 aromatic heterocycles. The summed E-state index contributed by atoms with van der Waals surface area (Å²) in [5.74, 6) is -0.253. The summed E-state index contributed by atoms with van der Waals surface area (Å²) < 4.78 is 15.6. The van der Waals surface area contributed by atoms with E-state index in [1.807, 2.05) is 29.7 Å². The zero-order valence-corrected chi connectivity index (χ0v) is 11.7. The Labute approximate surface area is 121 Å². The van der Waals surface area contributed by atoms with Gasteiger partial charge in [-0.3, -0.25) is 0 Å². The van der Waals surface area contributed by atoms with Gasteiger partial charge in [-0.2, -0.15) is 0 Å². The molecule has 0 aliphatic rings. The van der Waals surface area contributed by atoms with E-state index in [1.54, 1.807) is 18.3 Å². The van der Waals surface area contributed by atoms with Crippen LogP contribution in [0.4, 0.5) is 10.1 Å². The van der Waals surface area contributed by atoms with Gasteiger partial charge in [-0.05, 0) is 36.8 Å². The van der Waals surface area contributed by atoms with Crippen molar-refractivity contribution >= 4 is 22.9 Å². The number of pyridine rings is 1. The molecule has 0 atom stereocenters. The fraction of sp³-hybridized carbons (Fsp3) is 0.133. The van der Waals surface area contributed by atoms with Crippen molar-refractivity contribution in [3.8, 4) is 0 Å². The summed E-state index contributed by atoms with van der Waals surface area (Å²) in [6.07, 6.45) is 3.67. The number of benzene rings is 1. The molecule has 2 heterocycles. The third-order valence-corrected chi connectivity index (χ3v) is 3.27. The summed E-state index contributed by atoms with van der Waals surface area (Å²) in [6.45, 7) is 2.32. The average molecular weight is 290 g/mol. The van der Waals surface area contributed by atoms with Crippen molar-refractivity contribution in [2.24, 2.45) is 0 Å². The van der Waals surface area contributed by atoms with Gasteiger partial charge in [0.1, 0.15) is 11.5 Å². The van der Waals surface area contributed by atoms with E-state index >= 15 is 0 Å². The highest BCUT2D eigenvalue weighted by molar-refractivity contribution is 6.30. The van der Waals surface area contributed by atoms with Gasteiger partial charge in [0.05, 0.1) is 22.9 Å². The lowest BCUT2D eigenvalue weighted by Crippen LogP contribution is -2.01. The number of nitrogens with one attached hydrogen (secondary N) is 1. The van der Waals surface area contributed by atoms with Crippen molar-refractivity contribution in [1.82, 2.24) is 9.38 Å². The molecule has 0 saturated carbocycles. The maximum Gasteiger partial charge on any atom is 0.146 e. The van der Waals surface area contributed by atoms with Crippen LogP contribution in [0.2, 0.25) is 5.02 Å². The number of imidazole rings is 1. The molecule has 0 aliphatic carbocycles. The number of anilines is 1. The van der Waals surface area contributed by atoms with Crippen molar-refractivity contribution in [2.45, 2.75) is 13.5 Å². The quantitative estimate of drug-likeness (QED) is 0.788. The Balaban J connectivity index is 1.79. The maximum atomic E-state index is 13.7. The molecule has 3 rings (SSSR count). The molecule has 0 radical (unpaired) electrons. The van der Waals surface area contributed by atoms with Gasteiger partial charge in [0, 0.05) is 12.4 Å². The van der Waals surface area contributed by atoms with E-state index in [2.05, 4.69) is 10.3 Å². The van der Waals surface area contributed by atoms with Crippen LogP contribution in [0.1, 0.15) is 11.3 Å². The summed E-state index contributed by atoms with van der Waals surface area (Å²) in [4.78, 5) is 4.44. The molecule has 3 aromatic rings. The Morgan fingerprint density at radius 1 is 1.25 bits per heavy atom. The highest BCUT2D eigenvalue weighted by Gasteiger charge is 2.05. The molecule has 1 N–H and O–H groups in total. The van der Waals surface area contributed by atoms with Gasteiger partial charge in [0.15, 0.2) is 0 Å². The predicted octanol–water partition coefficient (Wildman–Crippen LogP) is 4.05. The van der Waals surface area contributed by atoms with Crippen LogP contribution < -0.4 is 5.32 Å². The Morgan fingerprint density at radius 2 is 2.10 bits per heavy atom. The SMILES string of the molecule is Cc1ccc(NCc2cn3cc(Cl)ccc3n2)c(F)c1. The normalized spacial score (nSPS) is 10.9. The fourth-order valence-electron chi connectivity index (χ4n) is 2.05. The number of nitrogens with zero attached hydrogens (tertiary/aromatic N) is 2. The Kier molecular flexibility index (Phi) is 3.32. The van der Waals surface area contributed by atoms with Gasteiger partial charge < -0.3 is 9.72 Å². The standard InChI is InChI=1S/C15H13ClFN3/c1-10-2-4-14(13(17)6-10)18-7-12-9-20-8-11(16)3-5-15(20)19-12/h2-6,8-9,18H,7H2,1H3. The van der Waals surface area contributed by atoms with E-state index < -0.39 is 0 Å². The molecule has 0 spiro atoms. The van der Waals surface area contributed by atoms with Crippen LogP contribution in [0.3, 0.4) is 0 Å². The first-order valence-electron chi connectivity index (χ1n) is 6.25. The van der Waals surface area contributed by atoms with Crippen molar-refractivity contribution in [3.05, 3.63) is 64.8 Å². The number of fused-ring (bicyclic) bond motifs is 1. The number of aryl methyl sites for hydroxylation is 1. The lowest BCUT2D eigenvalue weighted by molar-refractivity contribution is 0.629. The number of hydrogen-bond acceptors (Lipinski definition) is 2. The summed E-state index contributed by atoms with van der Waals surface area (Å²) >= 11 is 5.92. The Bertz CT molecular complexity index is 767. The number of hydrogen-bond donors (Lipinski definition) is 1. The molecule has 0 amide bonds. The van der Waals surface area contributed by atoms with Crippen LogP contribution in [-0.4, -0.2) is 9.38 Å². The van der Waals surface area contributed by atoms with Crippen molar-refractivity contribution in [2.75, 3.05) is 5.32 Å². The third kappa shape index (κ3) is 2.60. The molecular weight excluding hydrogens is 277 g/mol. The van der Waals surface area contributed by atoms with E-state index in [0.717, 1.165) is 16.9 Å². The third-order valence-electron chi connectivity index (χ3n) is 3.05. The van der Waals surface area contributed by atoms with E-state index in [9.17, 15) is 4.39 Å². The first-order valence-corrected chi connectivity index (χ1v) is 6.63. The molecule has 1 aromatic carbocycles. The summed E-state index contributed by atoms with van der Waals surface area (Å²) in [5.41, 5.74) is 3.02. The minimum Gasteiger partial charge on any atom is -0.377 e. The van der Waals surface area contributed by atoms with Crippen LogP contribution in [0.15, 0.2) is 42.7 Å². The van der Waals surface area contributed by atoms with Crippen molar-refractivity contribution in [3.63, 3.8) is 0 Å². The second-order valence-corrected chi connectivity index (χ2v) is 5.12. The smallest absolute Gasteiger partial charge is 0.146 e. The van der Waals surface area contributed by atoms with Crippen LogP contribution in [0.5, 0.6) is 0 Å². The van der Waals surface area contributed by atoms with Crippen LogP contribution in [-0.2, 0) is 6.54 Å². The van der Waals surface area contributed by atoms with E-state index in [4.69, 9.17) is 11.6 Å². The molecule has 3 nitrogen and oxygen atoms in total. The lowest BCUT2D eigenvalue weighted by atomic mass is 10.2. The zero-order chi connectivity index (χ0) is 14.1. The Morgan fingerprint density at radius 3 is 2.90 bits per heavy atom. The summed E-state index contributed by atoms with van der Waals surface area (Å²) in [7, 11) is 0. The molecule has 102 valence electrons. The molecule has 0 unspecified atom stereocenters. The molecule has 0 fully saturated rings. The van der Waals surface area contributed by atoms with Gasteiger partial charge >= 0.3 is 0 Å². The van der Waals surface area contributed by atoms with Gasteiger partial charge in [0.2, 0.25) is 0 Å². The minimum absolute atomic E-state index is 0.253. The fourth-order valence-corrected chi connectivity index (χ4v) is 2.22. The first-order chi connectivity index (χ1) is 9.61. The van der Waals surface area contributed by atoms with Crippen LogP contribution >= 0.6 is 11.6 Å². The van der Waals surface area contributed by atoms with E-state index in [0.29, 0.717) is 17.3 Å².